The molecule has 2 aliphatic rings. The van der Waals surface area contributed by atoms with Gasteiger partial charge in [-0.2, -0.15) is 0 Å². The topological polar surface area (TPSA) is 36.1 Å². The maximum absolute atomic E-state index is 12.7. The van der Waals surface area contributed by atoms with Gasteiger partial charge in [0.15, 0.2) is 0 Å². The number of aromatic amines is 1. The fourth-order valence-electron chi connectivity index (χ4n) is 4.00. The molecule has 0 saturated carbocycles. The number of H-pyrrole nitrogens is 1. The molecule has 1 aromatic carbocycles. The first-order valence-corrected chi connectivity index (χ1v) is 8.65. The lowest BCUT2D eigenvalue weighted by atomic mass is 9.87. The van der Waals surface area contributed by atoms with Gasteiger partial charge < -0.3 is 9.88 Å². The Balaban J connectivity index is 1.70. The molecule has 116 valence electrons. The Morgan fingerprint density at radius 2 is 2.05 bits per heavy atom. The van der Waals surface area contributed by atoms with E-state index in [2.05, 4.69) is 24.0 Å². The Bertz CT molecular complexity index is 710. The maximum Gasteiger partial charge on any atom is 0.253 e. The van der Waals surface area contributed by atoms with Crippen molar-refractivity contribution in [3.05, 3.63) is 35.0 Å². The second-order valence-electron chi connectivity index (χ2n) is 7.04. The molecule has 1 atom stereocenters. The van der Waals surface area contributed by atoms with E-state index in [1.54, 1.807) is 0 Å². The Morgan fingerprint density at radius 1 is 1.23 bits per heavy atom. The number of benzene rings is 1. The highest BCUT2D eigenvalue weighted by Gasteiger charge is 2.22. The third kappa shape index (κ3) is 2.33. The minimum absolute atomic E-state index is 0.209. The van der Waals surface area contributed by atoms with Gasteiger partial charge in [0.25, 0.3) is 5.91 Å². The van der Waals surface area contributed by atoms with Gasteiger partial charge >= 0.3 is 0 Å². The molecule has 22 heavy (non-hydrogen) atoms. The van der Waals surface area contributed by atoms with Gasteiger partial charge in [0.05, 0.1) is 0 Å². The standard InChI is InChI=1S/C19H24N2O/c1-13-5-7-17-15(11-13)16-12-14(6-8-18(16)20-17)19(22)21-9-3-2-4-10-21/h6,8,12-13,20H,2-5,7,9-11H2,1H3/t13-/m1/s1. The number of carbonyl (C=O) groups excluding carboxylic acids is 1. The second kappa shape index (κ2) is 5.45. The summed E-state index contributed by atoms with van der Waals surface area (Å²) in [5.74, 6) is 0.952. The number of aryl methyl sites for hydroxylation is 1. The van der Waals surface area contributed by atoms with Crippen molar-refractivity contribution in [1.29, 1.82) is 0 Å². The molecule has 0 unspecified atom stereocenters. The zero-order valence-electron chi connectivity index (χ0n) is 13.3. The van der Waals surface area contributed by atoms with Crippen molar-refractivity contribution in [3.63, 3.8) is 0 Å². The van der Waals surface area contributed by atoms with Crippen LogP contribution in [0.25, 0.3) is 10.9 Å². The van der Waals surface area contributed by atoms with Crippen molar-refractivity contribution in [1.82, 2.24) is 9.88 Å². The summed E-state index contributed by atoms with van der Waals surface area (Å²) >= 11 is 0. The third-order valence-corrected chi connectivity index (χ3v) is 5.32. The van der Waals surface area contributed by atoms with Gasteiger partial charge in [0.1, 0.15) is 0 Å². The number of hydrogen-bond acceptors (Lipinski definition) is 1. The molecule has 1 saturated heterocycles. The van der Waals surface area contributed by atoms with Crippen molar-refractivity contribution in [3.8, 4) is 0 Å². The van der Waals surface area contributed by atoms with Crippen molar-refractivity contribution < 1.29 is 4.79 Å². The zero-order valence-corrected chi connectivity index (χ0v) is 13.3. The minimum atomic E-state index is 0.209. The molecule has 1 amide bonds. The average molecular weight is 296 g/mol. The lowest BCUT2D eigenvalue weighted by molar-refractivity contribution is 0.0724. The Labute approximate surface area is 131 Å². The SMILES string of the molecule is C[C@@H]1CCc2[nH]c3ccc(C(=O)N4CCCCC4)cc3c2C1. The van der Waals surface area contributed by atoms with Crippen molar-refractivity contribution >= 4 is 16.8 Å². The van der Waals surface area contributed by atoms with E-state index in [0.717, 1.165) is 50.3 Å². The Hall–Kier alpha value is -1.77. The van der Waals surface area contributed by atoms with Gasteiger partial charge in [-0.3, -0.25) is 4.79 Å². The molecular formula is C19H24N2O. The molecule has 1 fully saturated rings. The van der Waals surface area contributed by atoms with E-state index >= 15 is 0 Å². The van der Waals surface area contributed by atoms with Crippen LogP contribution in [0.15, 0.2) is 18.2 Å². The van der Waals surface area contributed by atoms with E-state index < -0.39 is 0 Å². The number of hydrogen-bond donors (Lipinski definition) is 1. The Morgan fingerprint density at radius 3 is 2.86 bits per heavy atom. The number of carbonyl (C=O) groups is 1. The highest BCUT2D eigenvalue weighted by atomic mass is 16.2. The lowest BCUT2D eigenvalue weighted by Crippen LogP contribution is -2.35. The molecule has 1 aromatic heterocycles. The number of likely N-dealkylation sites (tertiary alicyclic amines) is 1. The lowest BCUT2D eigenvalue weighted by Gasteiger charge is -2.26. The third-order valence-electron chi connectivity index (χ3n) is 5.32. The number of nitrogens with one attached hydrogen (secondary N) is 1. The van der Waals surface area contributed by atoms with Crippen LogP contribution in [0, 0.1) is 5.92 Å². The molecule has 1 N–H and O–H groups in total. The van der Waals surface area contributed by atoms with Crippen LogP contribution in [0.1, 0.15) is 54.2 Å². The molecule has 2 heterocycles. The van der Waals surface area contributed by atoms with E-state index in [9.17, 15) is 4.79 Å². The van der Waals surface area contributed by atoms with Crippen LogP contribution in [0.2, 0.25) is 0 Å². The van der Waals surface area contributed by atoms with Gasteiger partial charge in [-0.1, -0.05) is 6.92 Å². The second-order valence-corrected chi connectivity index (χ2v) is 7.04. The van der Waals surface area contributed by atoms with Crippen LogP contribution in [-0.4, -0.2) is 28.9 Å². The molecule has 0 radical (unpaired) electrons. The minimum Gasteiger partial charge on any atom is -0.358 e. The highest BCUT2D eigenvalue weighted by molar-refractivity contribution is 5.99. The van der Waals surface area contributed by atoms with Crippen LogP contribution in [-0.2, 0) is 12.8 Å². The molecular weight excluding hydrogens is 272 g/mol. The van der Waals surface area contributed by atoms with Crippen LogP contribution >= 0.6 is 0 Å². The summed E-state index contributed by atoms with van der Waals surface area (Å²) in [6, 6.07) is 6.21. The number of amides is 1. The Kier molecular flexibility index (Phi) is 3.44. The molecule has 2 aromatic rings. The number of rotatable bonds is 1. The average Bonchev–Trinajstić information content (AvgIpc) is 2.92. The molecule has 1 aliphatic heterocycles. The summed E-state index contributed by atoms with van der Waals surface area (Å²) in [5, 5.41) is 1.27. The predicted octanol–water partition coefficient (Wildman–Crippen LogP) is 3.92. The first kappa shape index (κ1) is 13.9. The van der Waals surface area contributed by atoms with Crippen molar-refractivity contribution in [2.45, 2.75) is 45.4 Å². The van der Waals surface area contributed by atoms with Gasteiger partial charge in [0.2, 0.25) is 0 Å². The smallest absolute Gasteiger partial charge is 0.253 e. The largest absolute Gasteiger partial charge is 0.358 e. The van der Waals surface area contributed by atoms with Crippen molar-refractivity contribution in [2.75, 3.05) is 13.1 Å². The van der Waals surface area contributed by atoms with Crippen LogP contribution in [0.3, 0.4) is 0 Å². The van der Waals surface area contributed by atoms with Crippen LogP contribution in [0.4, 0.5) is 0 Å². The first-order valence-electron chi connectivity index (χ1n) is 8.65. The summed E-state index contributed by atoms with van der Waals surface area (Å²) in [5.41, 5.74) is 4.88. The van der Waals surface area contributed by atoms with Crippen molar-refractivity contribution in [2.24, 2.45) is 5.92 Å². The van der Waals surface area contributed by atoms with E-state index in [4.69, 9.17) is 0 Å². The fourth-order valence-corrected chi connectivity index (χ4v) is 4.00. The van der Waals surface area contributed by atoms with Gasteiger partial charge in [0, 0.05) is 35.2 Å². The summed E-state index contributed by atoms with van der Waals surface area (Å²) < 4.78 is 0. The summed E-state index contributed by atoms with van der Waals surface area (Å²) in [7, 11) is 0. The molecule has 3 nitrogen and oxygen atoms in total. The summed E-state index contributed by atoms with van der Waals surface area (Å²) in [6.07, 6.45) is 7.08. The zero-order chi connectivity index (χ0) is 15.1. The normalized spacial score (nSPS) is 21.9. The molecule has 0 bridgehead atoms. The number of aromatic nitrogens is 1. The van der Waals surface area contributed by atoms with E-state index in [0.29, 0.717) is 0 Å². The van der Waals surface area contributed by atoms with Gasteiger partial charge in [-0.15, -0.1) is 0 Å². The number of piperidine rings is 1. The van der Waals surface area contributed by atoms with E-state index in [1.165, 1.54) is 35.0 Å². The highest BCUT2D eigenvalue weighted by Crippen LogP contribution is 2.32. The molecule has 4 rings (SSSR count). The van der Waals surface area contributed by atoms with Crippen LogP contribution < -0.4 is 0 Å². The van der Waals surface area contributed by atoms with Gasteiger partial charge in [-0.25, -0.2) is 0 Å². The monoisotopic (exact) mass is 296 g/mol. The maximum atomic E-state index is 12.7. The van der Waals surface area contributed by atoms with Gasteiger partial charge in [-0.05, 0) is 68.2 Å². The molecule has 0 spiro atoms. The predicted molar refractivity (Wildman–Crippen MR) is 89.2 cm³/mol. The fraction of sp³-hybridized carbons (Fsp3) is 0.526. The molecule has 1 aliphatic carbocycles. The molecule has 3 heteroatoms. The first-order chi connectivity index (χ1) is 10.7. The van der Waals surface area contributed by atoms with E-state index in [-0.39, 0.29) is 5.91 Å². The summed E-state index contributed by atoms with van der Waals surface area (Å²) in [6.45, 7) is 4.16. The number of fused-ring (bicyclic) bond motifs is 3. The van der Waals surface area contributed by atoms with Crippen LogP contribution in [0.5, 0.6) is 0 Å². The summed E-state index contributed by atoms with van der Waals surface area (Å²) in [4.78, 5) is 18.3. The number of nitrogens with zero attached hydrogens (tertiary/aromatic N) is 1. The quantitative estimate of drug-likeness (QED) is 0.850. The van der Waals surface area contributed by atoms with E-state index in [1.807, 2.05) is 11.0 Å².